The van der Waals surface area contributed by atoms with Crippen molar-refractivity contribution in [3.63, 3.8) is 0 Å². The van der Waals surface area contributed by atoms with Crippen LogP contribution in [-0.2, 0) is 9.84 Å². The van der Waals surface area contributed by atoms with Gasteiger partial charge in [-0.25, -0.2) is 8.42 Å². The molecule has 0 radical (unpaired) electrons. The molecule has 0 aromatic heterocycles. The number of hydrogen-bond acceptors (Lipinski definition) is 4. The van der Waals surface area contributed by atoms with Crippen molar-refractivity contribution in [3.8, 4) is 0 Å². The van der Waals surface area contributed by atoms with E-state index in [1.807, 2.05) is 0 Å². The molecule has 0 saturated carbocycles. The maximum atomic E-state index is 11.3. The third kappa shape index (κ3) is 4.21. The standard InChI is InChI=1S/C13H28N2O2S/c1-4-13(2,15-9-6-5-7-10-15)12(14)8-11-18(3,16)17/h12H,4-11,14H2,1-3H3. The van der Waals surface area contributed by atoms with Gasteiger partial charge < -0.3 is 5.73 Å². The maximum absolute atomic E-state index is 11.3. The Morgan fingerprint density at radius 3 is 2.28 bits per heavy atom. The highest BCUT2D eigenvalue weighted by Gasteiger charge is 2.36. The van der Waals surface area contributed by atoms with Gasteiger partial charge in [-0.3, -0.25) is 4.90 Å². The Hall–Kier alpha value is -0.130. The van der Waals surface area contributed by atoms with E-state index in [1.54, 1.807) is 0 Å². The molecule has 2 N–H and O–H groups in total. The Bertz CT molecular complexity index is 350. The Morgan fingerprint density at radius 1 is 1.28 bits per heavy atom. The van der Waals surface area contributed by atoms with Crippen molar-refractivity contribution in [3.05, 3.63) is 0 Å². The van der Waals surface area contributed by atoms with Gasteiger partial charge in [0.25, 0.3) is 0 Å². The molecule has 5 heteroatoms. The fourth-order valence-electron chi connectivity index (χ4n) is 2.78. The van der Waals surface area contributed by atoms with Gasteiger partial charge in [0.15, 0.2) is 0 Å². The minimum Gasteiger partial charge on any atom is -0.326 e. The monoisotopic (exact) mass is 276 g/mol. The van der Waals surface area contributed by atoms with Gasteiger partial charge in [-0.05, 0) is 45.7 Å². The van der Waals surface area contributed by atoms with Crippen LogP contribution in [0.3, 0.4) is 0 Å². The Labute approximate surface area is 112 Å². The first-order valence-electron chi connectivity index (χ1n) is 6.98. The summed E-state index contributed by atoms with van der Waals surface area (Å²) in [5, 5.41) is 0. The van der Waals surface area contributed by atoms with Gasteiger partial charge >= 0.3 is 0 Å². The van der Waals surface area contributed by atoms with Gasteiger partial charge in [0.2, 0.25) is 0 Å². The number of nitrogens with two attached hydrogens (primary N) is 1. The van der Waals surface area contributed by atoms with E-state index in [0.717, 1.165) is 19.5 Å². The SMILES string of the molecule is CCC(C)(C(N)CCS(C)(=O)=O)N1CCCCC1. The van der Waals surface area contributed by atoms with Crippen LogP contribution in [0.2, 0.25) is 0 Å². The predicted octanol–water partition coefficient (Wildman–Crippen LogP) is 1.40. The van der Waals surface area contributed by atoms with Crippen LogP contribution < -0.4 is 5.73 Å². The average molecular weight is 276 g/mol. The molecule has 0 aliphatic carbocycles. The number of piperidine rings is 1. The molecule has 108 valence electrons. The highest BCUT2D eigenvalue weighted by atomic mass is 32.2. The minimum atomic E-state index is -2.92. The van der Waals surface area contributed by atoms with E-state index in [1.165, 1.54) is 25.5 Å². The lowest BCUT2D eigenvalue weighted by Gasteiger charge is -2.46. The number of nitrogens with zero attached hydrogens (tertiary/aromatic N) is 1. The number of hydrogen-bond donors (Lipinski definition) is 1. The summed E-state index contributed by atoms with van der Waals surface area (Å²) in [5.41, 5.74) is 6.23. The summed E-state index contributed by atoms with van der Waals surface area (Å²) < 4.78 is 22.5. The van der Waals surface area contributed by atoms with Crippen molar-refractivity contribution in [2.45, 2.75) is 57.5 Å². The van der Waals surface area contributed by atoms with Crippen molar-refractivity contribution >= 4 is 9.84 Å². The Morgan fingerprint density at radius 2 is 1.83 bits per heavy atom. The van der Waals surface area contributed by atoms with Crippen molar-refractivity contribution in [2.75, 3.05) is 25.1 Å². The van der Waals surface area contributed by atoms with Crippen molar-refractivity contribution in [1.29, 1.82) is 0 Å². The van der Waals surface area contributed by atoms with Crippen LogP contribution >= 0.6 is 0 Å². The second-order valence-corrected chi connectivity index (χ2v) is 8.04. The molecule has 1 fully saturated rings. The molecule has 1 aliphatic heterocycles. The molecule has 0 bridgehead atoms. The molecule has 2 atom stereocenters. The fourth-order valence-corrected chi connectivity index (χ4v) is 3.46. The van der Waals surface area contributed by atoms with Gasteiger partial charge in [0.1, 0.15) is 9.84 Å². The van der Waals surface area contributed by atoms with Crippen LogP contribution in [0.5, 0.6) is 0 Å². The molecule has 1 heterocycles. The van der Waals surface area contributed by atoms with Crippen molar-refractivity contribution in [1.82, 2.24) is 4.90 Å². The topological polar surface area (TPSA) is 63.4 Å². The molecule has 1 aliphatic rings. The molecule has 0 amide bonds. The summed E-state index contributed by atoms with van der Waals surface area (Å²) in [6, 6.07) is -0.0738. The lowest BCUT2D eigenvalue weighted by Crippen LogP contribution is -2.59. The first kappa shape index (κ1) is 15.9. The summed E-state index contributed by atoms with van der Waals surface area (Å²) >= 11 is 0. The van der Waals surface area contributed by atoms with E-state index in [2.05, 4.69) is 18.7 Å². The Balaban J connectivity index is 2.66. The fraction of sp³-hybridized carbons (Fsp3) is 1.00. The molecular weight excluding hydrogens is 248 g/mol. The largest absolute Gasteiger partial charge is 0.326 e. The highest BCUT2D eigenvalue weighted by molar-refractivity contribution is 7.90. The van der Waals surface area contributed by atoms with Gasteiger partial charge in [-0.2, -0.15) is 0 Å². The average Bonchev–Trinajstić information content (AvgIpc) is 2.35. The van der Waals surface area contributed by atoms with Crippen LogP contribution in [0, 0.1) is 0 Å². The smallest absolute Gasteiger partial charge is 0.147 e. The van der Waals surface area contributed by atoms with Crippen molar-refractivity contribution in [2.24, 2.45) is 5.73 Å². The van der Waals surface area contributed by atoms with Gasteiger partial charge in [0.05, 0.1) is 5.75 Å². The first-order valence-corrected chi connectivity index (χ1v) is 9.04. The molecule has 18 heavy (non-hydrogen) atoms. The van der Waals surface area contributed by atoms with E-state index in [4.69, 9.17) is 5.73 Å². The zero-order valence-corrected chi connectivity index (χ0v) is 12.8. The molecule has 1 rings (SSSR count). The lowest BCUT2D eigenvalue weighted by molar-refractivity contribution is 0.0537. The summed E-state index contributed by atoms with van der Waals surface area (Å²) in [4.78, 5) is 2.46. The zero-order valence-electron chi connectivity index (χ0n) is 12.0. The van der Waals surface area contributed by atoms with E-state index >= 15 is 0 Å². The number of sulfone groups is 1. The molecule has 4 nitrogen and oxygen atoms in total. The molecule has 0 aromatic carbocycles. The third-order valence-electron chi connectivity index (χ3n) is 4.39. The van der Waals surface area contributed by atoms with Crippen LogP contribution in [0.25, 0.3) is 0 Å². The summed E-state index contributed by atoms with van der Waals surface area (Å²) in [6.45, 7) is 6.52. The van der Waals surface area contributed by atoms with Gasteiger partial charge in [-0.15, -0.1) is 0 Å². The maximum Gasteiger partial charge on any atom is 0.147 e. The van der Waals surface area contributed by atoms with Crippen molar-refractivity contribution < 1.29 is 8.42 Å². The van der Waals surface area contributed by atoms with Crippen LogP contribution in [0.4, 0.5) is 0 Å². The quantitative estimate of drug-likeness (QED) is 0.796. The Kier molecular flexibility index (Phi) is 5.62. The van der Waals surface area contributed by atoms with Gasteiger partial charge in [0, 0.05) is 17.8 Å². The van der Waals surface area contributed by atoms with E-state index in [0.29, 0.717) is 6.42 Å². The van der Waals surface area contributed by atoms with E-state index in [9.17, 15) is 8.42 Å². The third-order valence-corrected chi connectivity index (χ3v) is 5.37. The summed E-state index contributed by atoms with van der Waals surface area (Å²) in [7, 11) is -2.92. The lowest BCUT2D eigenvalue weighted by atomic mass is 9.85. The molecule has 1 saturated heterocycles. The second kappa shape index (κ2) is 6.35. The van der Waals surface area contributed by atoms with E-state index < -0.39 is 9.84 Å². The van der Waals surface area contributed by atoms with E-state index in [-0.39, 0.29) is 17.3 Å². The van der Waals surface area contributed by atoms with Gasteiger partial charge in [-0.1, -0.05) is 13.3 Å². The number of rotatable bonds is 6. The normalized spacial score (nSPS) is 23.6. The molecule has 0 spiro atoms. The summed E-state index contributed by atoms with van der Waals surface area (Å²) in [5.74, 6) is 0.192. The predicted molar refractivity (Wildman–Crippen MR) is 76.4 cm³/mol. The van der Waals surface area contributed by atoms with Crippen LogP contribution in [-0.4, -0.2) is 50.0 Å². The van der Waals surface area contributed by atoms with Crippen LogP contribution in [0.1, 0.15) is 46.0 Å². The molecule has 0 aromatic rings. The first-order chi connectivity index (χ1) is 8.29. The molecule has 2 unspecified atom stereocenters. The van der Waals surface area contributed by atoms with Crippen LogP contribution in [0.15, 0.2) is 0 Å². The highest BCUT2D eigenvalue weighted by Crippen LogP contribution is 2.28. The minimum absolute atomic E-state index is 0.0644. The second-order valence-electron chi connectivity index (χ2n) is 5.78. The summed E-state index contributed by atoms with van der Waals surface area (Å²) in [6.07, 6.45) is 6.57. The number of likely N-dealkylation sites (tertiary alicyclic amines) is 1. The zero-order chi connectivity index (χ0) is 13.8. The molecular formula is C13H28N2O2S.